The number of aromatic nitrogens is 3. The highest BCUT2D eigenvalue weighted by atomic mass is 32.1. The van der Waals surface area contributed by atoms with Crippen molar-refractivity contribution in [2.75, 3.05) is 6.54 Å². The van der Waals surface area contributed by atoms with E-state index in [-0.39, 0.29) is 5.91 Å². The molecule has 0 saturated carbocycles. The summed E-state index contributed by atoms with van der Waals surface area (Å²) in [5.41, 5.74) is 6.98. The predicted octanol–water partition coefficient (Wildman–Crippen LogP) is 1.12. The molecule has 2 heterocycles. The fourth-order valence-electron chi connectivity index (χ4n) is 1.76. The van der Waals surface area contributed by atoms with Gasteiger partial charge in [-0.1, -0.05) is 18.3 Å². The lowest BCUT2D eigenvalue weighted by Gasteiger charge is -2.21. The fourth-order valence-corrected chi connectivity index (χ4v) is 1.85. The molecule has 0 unspecified atom stereocenters. The summed E-state index contributed by atoms with van der Waals surface area (Å²) < 4.78 is 0. The zero-order valence-electron chi connectivity index (χ0n) is 10.8. The molecule has 0 fully saturated rings. The summed E-state index contributed by atoms with van der Waals surface area (Å²) in [6.07, 6.45) is 6.98. The Morgan fingerprint density at radius 1 is 1.45 bits per heavy atom. The molecule has 6 nitrogen and oxygen atoms in total. The number of nitrogens with one attached hydrogen (secondary N) is 1. The van der Waals surface area contributed by atoms with E-state index in [2.05, 4.69) is 15.2 Å². The van der Waals surface area contributed by atoms with Gasteiger partial charge in [-0.15, -0.1) is 0 Å². The van der Waals surface area contributed by atoms with Crippen LogP contribution in [0, 0.1) is 0 Å². The van der Waals surface area contributed by atoms with E-state index in [0.29, 0.717) is 30.1 Å². The highest BCUT2D eigenvalue weighted by Crippen LogP contribution is 2.09. The number of pyridine rings is 1. The molecule has 0 saturated heterocycles. The molecule has 7 heteroatoms. The van der Waals surface area contributed by atoms with Crippen LogP contribution < -0.4 is 5.73 Å². The minimum atomic E-state index is -0.112. The molecule has 0 atom stereocenters. The largest absolute Gasteiger partial charge is 0.393 e. The zero-order valence-corrected chi connectivity index (χ0v) is 11.6. The first-order valence-corrected chi connectivity index (χ1v) is 6.53. The average Bonchev–Trinajstić information content (AvgIpc) is 2.97. The number of nitrogens with two attached hydrogens (primary N) is 1. The van der Waals surface area contributed by atoms with Gasteiger partial charge in [-0.05, 0) is 11.6 Å². The van der Waals surface area contributed by atoms with Crippen LogP contribution in [0.5, 0.6) is 0 Å². The standard InChI is InChI=1S/C13H15N5OS/c14-12(20)3-5-18(9-10-2-1-4-15-6-10)13(19)11-7-16-17-8-11/h1-2,4,6-8H,3,5,9H2,(H2,14,20)(H,16,17). The van der Waals surface area contributed by atoms with Crippen molar-refractivity contribution in [2.24, 2.45) is 5.73 Å². The first-order chi connectivity index (χ1) is 9.66. The van der Waals surface area contributed by atoms with Crippen LogP contribution in [0.4, 0.5) is 0 Å². The Morgan fingerprint density at radius 2 is 2.30 bits per heavy atom. The summed E-state index contributed by atoms with van der Waals surface area (Å²) in [5, 5.41) is 6.43. The van der Waals surface area contributed by atoms with Crippen LogP contribution in [0.2, 0.25) is 0 Å². The summed E-state index contributed by atoms with van der Waals surface area (Å²) in [6.45, 7) is 0.925. The Kier molecular flexibility index (Phi) is 4.78. The third kappa shape index (κ3) is 3.86. The second kappa shape index (κ2) is 6.76. The Labute approximate surface area is 122 Å². The summed E-state index contributed by atoms with van der Waals surface area (Å²) >= 11 is 4.87. The minimum absolute atomic E-state index is 0.112. The Hall–Kier alpha value is -2.28. The van der Waals surface area contributed by atoms with E-state index in [0.717, 1.165) is 5.56 Å². The van der Waals surface area contributed by atoms with Crippen LogP contribution in [0.3, 0.4) is 0 Å². The molecular weight excluding hydrogens is 274 g/mol. The van der Waals surface area contributed by atoms with Gasteiger partial charge in [-0.25, -0.2) is 0 Å². The summed E-state index contributed by atoms with van der Waals surface area (Å²) in [4.78, 5) is 18.5. The number of hydrogen-bond donors (Lipinski definition) is 2. The lowest BCUT2D eigenvalue weighted by molar-refractivity contribution is 0.0748. The molecule has 20 heavy (non-hydrogen) atoms. The zero-order chi connectivity index (χ0) is 14.4. The maximum Gasteiger partial charge on any atom is 0.257 e. The molecule has 2 aromatic rings. The van der Waals surface area contributed by atoms with Gasteiger partial charge in [0.2, 0.25) is 0 Å². The minimum Gasteiger partial charge on any atom is -0.393 e. The van der Waals surface area contributed by atoms with Crippen molar-refractivity contribution in [1.29, 1.82) is 0 Å². The summed E-state index contributed by atoms with van der Waals surface area (Å²) in [5.74, 6) is -0.112. The van der Waals surface area contributed by atoms with Crippen LogP contribution in [0.15, 0.2) is 36.9 Å². The summed E-state index contributed by atoms with van der Waals surface area (Å²) in [6, 6.07) is 3.76. The molecule has 3 N–H and O–H groups in total. The van der Waals surface area contributed by atoms with Gasteiger partial charge in [-0.2, -0.15) is 5.10 Å². The monoisotopic (exact) mass is 289 g/mol. The third-order valence-electron chi connectivity index (χ3n) is 2.76. The topological polar surface area (TPSA) is 87.9 Å². The molecule has 0 bridgehead atoms. The quantitative estimate of drug-likeness (QED) is 0.778. The van der Waals surface area contributed by atoms with Crippen molar-refractivity contribution in [3.8, 4) is 0 Å². The summed E-state index contributed by atoms with van der Waals surface area (Å²) in [7, 11) is 0. The van der Waals surface area contributed by atoms with Crippen molar-refractivity contribution in [2.45, 2.75) is 13.0 Å². The number of H-pyrrole nitrogens is 1. The SMILES string of the molecule is NC(=S)CCN(Cc1cccnc1)C(=O)c1cn[nH]c1. The molecule has 0 aliphatic rings. The number of amides is 1. The van der Waals surface area contributed by atoms with Gasteiger partial charge < -0.3 is 10.6 Å². The number of thiocarbonyl (C=S) groups is 1. The lowest BCUT2D eigenvalue weighted by atomic mass is 10.2. The smallest absolute Gasteiger partial charge is 0.257 e. The van der Waals surface area contributed by atoms with E-state index in [9.17, 15) is 4.79 Å². The van der Waals surface area contributed by atoms with Gasteiger partial charge in [0.05, 0.1) is 16.7 Å². The average molecular weight is 289 g/mol. The third-order valence-corrected chi connectivity index (χ3v) is 2.96. The molecule has 0 aliphatic carbocycles. The number of carbonyl (C=O) groups is 1. The van der Waals surface area contributed by atoms with Crippen molar-refractivity contribution in [3.63, 3.8) is 0 Å². The number of hydrogen-bond acceptors (Lipinski definition) is 4. The second-order valence-corrected chi connectivity index (χ2v) is 4.82. The molecule has 0 spiro atoms. The predicted molar refractivity (Wildman–Crippen MR) is 79.0 cm³/mol. The van der Waals surface area contributed by atoms with Gasteiger partial charge in [0.1, 0.15) is 0 Å². The van der Waals surface area contributed by atoms with Gasteiger partial charge in [-0.3, -0.25) is 14.9 Å². The van der Waals surface area contributed by atoms with Crippen LogP contribution in [-0.2, 0) is 6.54 Å². The molecular formula is C13H15N5OS. The van der Waals surface area contributed by atoms with E-state index in [4.69, 9.17) is 18.0 Å². The van der Waals surface area contributed by atoms with Crippen molar-refractivity contribution in [3.05, 3.63) is 48.0 Å². The molecule has 2 aromatic heterocycles. The number of aromatic amines is 1. The number of nitrogens with zero attached hydrogens (tertiary/aromatic N) is 3. The van der Waals surface area contributed by atoms with Crippen molar-refractivity contribution in [1.82, 2.24) is 20.1 Å². The van der Waals surface area contributed by atoms with E-state index in [1.165, 1.54) is 6.20 Å². The Balaban J connectivity index is 2.12. The van der Waals surface area contributed by atoms with Crippen molar-refractivity contribution < 1.29 is 4.79 Å². The molecule has 104 valence electrons. The van der Waals surface area contributed by atoms with E-state index < -0.39 is 0 Å². The van der Waals surface area contributed by atoms with Gasteiger partial charge in [0, 0.05) is 38.1 Å². The lowest BCUT2D eigenvalue weighted by Crippen LogP contribution is -2.33. The van der Waals surface area contributed by atoms with E-state index >= 15 is 0 Å². The Bertz CT molecular complexity index is 570. The van der Waals surface area contributed by atoms with E-state index in [1.54, 1.807) is 23.5 Å². The first-order valence-electron chi connectivity index (χ1n) is 6.12. The first kappa shape index (κ1) is 14.1. The molecule has 1 amide bonds. The van der Waals surface area contributed by atoms with Gasteiger partial charge >= 0.3 is 0 Å². The maximum absolute atomic E-state index is 12.4. The second-order valence-electron chi connectivity index (χ2n) is 4.29. The number of carbonyl (C=O) groups excluding carboxylic acids is 1. The molecule has 0 aromatic carbocycles. The fraction of sp³-hybridized carbons (Fsp3) is 0.231. The Morgan fingerprint density at radius 3 is 2.90 bits per heavy atom. The van der Waals surface area contributed by atoms with Crippen LogP contribution in [0.1, 0.15) is 22.3 Å². The molecule has 2 rings (SSSR count). The number of rotatable bonds is 6. The van der Waals surface area contributed by atoms with Gasteiger partial charge in [0.25, 0.3) is 5.91 Å². The van der Waals surface area contributed by atoms with E-state index in [1.807, 2.05) is 12.1 Å². The molecule has 0 aliphatic heterocycles. The highest BCUT2D eigenvalue weighted by molar-refractivity contribution is 7.80. The van der Waals surface area contributed by atoms with Crippen LogP contribution >= 0.6 is 12.2 Å². The van der Waals surface area contributed by atoms with Crippen molar-refractivity contribution >= 4 is 23.1 Å². The van der Waals surface area contributed by atoms with Crippen LogP contribution in [0.25, 0.3) is 0 Å². The normalized spacial score (nSPS) is 10.2. The highest BCUT2D eigenvalue weighted by Gasteiger charge is 2.17. The van der Waals surface area contributed by atoms with Gasteiger partial charge in [0.15, 0.2) is 0 Å². The molecule has 0 radical (unpaired) electrons. The van der Waals surface area contributed by atoms with Crippen LogP contribution in [-0.4, -0.2) is 37.5 Å². The maximum atomic E-state index is 12.4.